The van der Waals surface area contributed by atoms with Crippen LogP contribution in [0.1, 0.15) is 26.7 Å². The number of carboxylic acid groups (broad SMARTS) is 1. The highest BCUT2D eigenvalue weighted by Gasteiger charge is 2.47. The predicted octanol–water partition coefficient (Wildman–Crippen LogP) is 0.402. The topological polar surface area (TPSA) is 60.9 Å². The minimum Gasteiger partial charge on any atom is -0.479 e. The van der Waals surface area contributed by atoms with E-state index in [-0.39, 0.29) is 6.04 Å². The van der Waals surface area contributed by atoms with Gasteiger partial charge in [-0.05, 0) is 33.7 Å². The summed E-state index contributed by atoms with van der Waals surface area (Å²) in [5.41, 5.74) is -1.01. The van der Waals surface area contributed by atoms with E-state index in [9.17, 15) is 14.7 Å². The van der Waals surface area contributed by atoms with E-state index >= 15 is 0 Å². The molecule has 0 aromatic carbocycles. The van der Waals surface area contributed by atoms with Crippen LogP contribution in [0.25, 0.3) is 0 Å². The zero-order chi connectivity index (χ0) is 12.3. The molecule has 1 aliphatic heterocycles. The Balaban J connectivity index is 2.98. The molecular weight excluding hydrogens is 208 g/mol. The fraction of sp³-hybridized carbons (Fsp3) is 0.818. The lowest BCUT2D eigenvalue weighted by Gasteiger charge is -2.46. The molecule has 2 unspecified atom stereocenters. The van der Waals surface area contributed by atoms with Crippen molar-refractivity contribution in [3.05, 3.63) is 0 Å². The molecule has 0 aliphatic carbocycles. The van der Waals surface area contributed by atoms with Crippen LogP contribution in [0, 0.1) is 0 Å². The van der Waals surface area contributed by atoms with Gasteiger partial charge in [0.15, 0.2) is 0 Å². The smallest absolute Gasteiger partial charge is 0.329 e. The van der Waals surface area contributed by atoms with E-state index in [1.165, 1.54) is 4.90 Å². The normalized spacial score (nSPS) is 31.1. The van der Waals surface area contributed by atoms with Crippen LogP contribution in [-0.2, 0) is 9.59 Å². The number of piperidine rings is 1. The van der Waals surface area contributed by atoms with Crippen molar-refractivity contribution in [2.24, 2.45) is 0 Å². The number of carboxylic acids is 1. The van der Waals surface area contributed by atoms with Crippen LogP contribution in [0.3, 0.4) is 0 Å². The van der Waals surface area contributed by atoms with E-state index < -0.39 is 11.5 Å². The lowest BCUT2D eigenvalue weighted by Crippen LogP contribution is -2.61. The summed E-state index contributed by atoms with van der Waals surface area (Å²) < 4.78 is 0. The molecule has 1 amide bonds. The Bertz CT molecular complexity index is 282. The summed E-state index contributed by atoms with van der Waals surface area (Å²) in [6.07, 6.45) is 1.65. The van der Waals surface area contributed by atoms with Gasteiger partial charge in [0, 0.05) is 19.1 Å². The van der Waals surface area contributed by atoms with E-state index in [0.717, 1.165) is 0 Å². The highest BCUT2D eigenvalue weighted by molar-refractivity contribution is 5.81. The van der Waals surface area contributed by atoms with E-state index in [2.05, 4.69) is 4.90 Å². The maximum atomic E-state index is 11.5. The van der Waals surface area contributed by atoms with Gasteiger partial charge in [-0.2, -0.15) is 0 Å². The molecule has 92 valence electrons. The third-order valence-electron chi connectivity index (χ3n) is 3.68. The number of rotatable bonds is 4. The quantitative estimate of drug-likeness (QED) is 0.708. The molecular formula is C11H20N2O3. The maximum absolute atomic E-state index is 11.5. The SMILES string of the molecule is CCN(C=O)C1(C(=O)O)CCN(C)C(C)C1. The largest absolute Gasteiger partial charge is 0.479 e. The van der Waals surface area contributed by atoms with Gasteiger partial charge in [-0.3, -0.25) is 4.79 Å². The van der Waals surface area contributed by atoms with Crippen molar-refractivity contribution >= 4 is 12.4 Å². The lowest BCUT2D eigenvalue weighted by atomic mass is 9.82. The van der Waals surface area contributed by atoms with Gasteiger partial charge < -0.3 is 14.9 Å². The summed E-state index contributed by atoms with van der Waals surface area (Å²) >= 11 is 0. The standard InChI is InChI=1S/C11H20N2O3/c1-4-13(8-14)11(10(15)16)5-6-12(3)9(2)7-11/h8-9H,4-7H2,1-3H3,(H,15,16). The highest BCUT2D eigenvalue weighted by atomic mass is 16.4. The summed E-state index contributed by atoms with van der Waals surface area (Å²) in [4.78, 5) is 26.0. The highest BCUT2D eigenvalue weighted by Crippen LogP contribution is 2.31. The van der Waals surface area contributed by atoms with Gasteiger partial charge in [0.05, 0.1) is 0 Å². The lowest BCUT2D eigenvalue weighted by molar-refractivity contribution is -0.160. The summed E-state index contributed by atoms with van der Waals surface area (Å²) in [7, 11) is 1.98. The molecule has 0 spiro atoms. The molecule has 0 aromatic rings. The first-order chi connectivity index (χ1) is 7.47. The third-order valence-corrected chi connectivity index (χ3v) is 3.68. The van der Waals surface area contributed by atoms with Crippen molar-refractivity contribution in [3.63, 3.8) is 0 Å². The van der Waals surface area contributed by atoms with Crippen molar-refractivity contribution in [1.29, 1.82) is 0 Å². The molecule has 1 rings (SSSR count). The van der Waals surface area contributed by atoms with Crippen molar-refractivity contribution in [2.75, 3.05) is 20.1 Å². The average Bonchev–Trinajstić information content (AvgIpc) is 2.24. The van der Waals surface area contributed by atoms with Gasteiger partial charge in [0.25, 0.3) is 0 Å². The van der Waals surface area contributed by atoms with Crippen molar-refractivity contribution in [2.45, 2.75) is 38.3 Å². The van der Waals surface area contributed by atoms with Crippen LogP contribution >= 0.6 is 0 Å². The van der Waals surface area contributed by atoms with Crippen molar-refractivity contribution in [1.82, 2.24) is 9.80 Å². The first-order valence-corrected chi connectivity index (χ1v) is 5.63. The Morgan fingerprint density at radius 3 is 2.69 bits per heavy atom. The fourth-order valence-corrected chi connectivity index (χ4v) is 2.38. The molecule has 1 saturated heterocycles. The van der Waals surface area contributed by atoms with Crippen molar-refractivity contribution in [3.8, 4) is 0 Å². The molecule has 16 heavy (non-hydrogen) atoms. The Kier molecular flexibility index (Phi) is 3.91. The van der Waals surface area contributed by atoms with Crippen LogP contribution in [0.15, 0.2) is 0 Å². The zero-order valence-electron chi connectivity index (χ0n) is 10.1. The molecule has 1 fully saturated rings. The number of hydrogen-bond donors (Lipinski definition) is 1. The molecule has 0 radical (unpaired) electrons. The van der Waals surface area contributed by atoms with Gasteiger partial charge in [-0.1, -0.05) is 0 Å². The summed E-state index contributed by atoms with van der Waals surface area (Å²) in [5, 5.41) is 9.41. The van der Waals surface area contributed by atoms with E-state index in [1.807, 2.05) is 20.9 Å². The summed E-state index contributed by atoms with van der Waals surface area (Å²) in [5.74, 6) is -0.888. The molecule has 5 nitrogen and oxygen atoms in total. The predicted molar refractivity (Wildman–Crippen MR) is 60.1 cm³/mol. The monoisotopic (exact) mass is 228 g/mol. The van der Waals surface area contributed by atoms with Gasteiger partial charge in [0.1, 0.15) is 5.54 Å². The fourth-order valence-electron chi connectivity index (χ4n) is 2.38. The Morgan fingerprint density at radius 1 is 1.69 bits per heavy atom. The Morgan fingerprint density at radius 2 is 2.31 bits per heavy atom. The molecule has 5 heteroatoms. The Hall–Kier alpha value is -1.10. The van der Waals surface area contributed by atoms with Crippen LogP contribution in [0.2, 0.25) is 0 Å². The first kappa shape index (κ1) is 13.0. The van der Waals surface area contributed by atoms with Crippen molar-refractivity contribution < 1.29 is 14.7 Å². The summed E-state index contributed by atoms with van der Waals surface area (Å²) in [6.45, 7) is 4.95. The number of likely N-dealkylation sites (tertiary alicyclic amines) is 1. The van der Waals surface area contributed by atoms with E-state index in [1.54, 1.807) is 0 Å². The van der Waals surface area contributed by atoms with Crippen LogP contribution in [-0.4, -0.2) is 59.0 Å². The molecule has 1 N–H and O–H groups in total. The number of likely N-dealkylation sites (N-methyl/N-ethyl adjacent to an activating group) is 1. The number of carbonyl (C=O) groups is 2. The second kappa shape index (κ2) is 4.82. The number of carbonyl (C=O) groups excluding carboxylic acids is 1. The number of nitrogens with zero attached hydrogens (tertiary/aromatic N) is 2. The second-order valence-corrected chi connectivity index (χ2v) is 4.51. The second-order valence-electron chi connectivity index (χ2n) is 4.51. The number of hydrogen-bond acceptors (Lipinski definition) is 3. The van der Waals surface area contributed by atoms with E-state index in [4.69, 9.17) is 0 Å². The molecule has 0 bridgehead atoms. The molecule has 1 aliphatic rings. The minimum absolute atomic E-state index is 0.179. The molecule has 1 heterocycles. The van der Waals surface area contributed by atoms with E-state index in [0.29, 0.717) is 32.3 Å². The maximum Gasteiger partial charge on any atom is 0.329 e. The molecule has 2 atom stereocenters. The molecule has 0 saturated carbocycles. The van der Waals surface area contributed by atoms with Crippen LogP contribution < -0.4 is 0 Å². The van der Waals surface area contributed by atoms with Gasteiger partial charge >= 0.3 is 5.97 Å². The van der Waals surface area contributed by atoms with Crippen LogP contribution in [0.5, 0.6) is 0 Å². The van der Waals surface area contributed by atoms with Gasteiger partial charge in [-0.25, -0.2) is 4.79 Å². The van der Waals surface area contributed by atoms with Gasteiger partial charge in [0.2, 0.25) is 6.41 Å². The van der Waals surface area contributed by atoms with Crippen LogP contribution in [0.4, 0.5) is 0 Å². The zero-order valence-corrected chi connectivity index (χ0v) is 10.1. The Labute approximate surface area is 96.0 Å². The van der Waals surface area contributed by atoms with Gasteiger partial charge in [-0.15, -0.1) is 0 Å². The number of aliphatic carboxylic acids is 1. The average molecular weight is 228 g/mol. The summed E-state index contributed by atoms with van der Waals surface area (Å²) in [6, 6.07) is 0.179. The number of amides is 1. The first-order valence-electron chi connectivity index (χ1n) is 5.63. The minimum atomic E-state index is -1.01. The third kappa shape index (κ3) is 2.04. The molecule has 0 aromatic heterocycles.